The van der Waals surface area contributed by atoms with Crippen LogP contribution in [0.4, 0.5) is 10.1 Å². The van der Waals surface area contributed by atoms with Crippen LogP contribution in [0.2, 0.25) is 0 Å². The third kappa shape index (κ3) is 7.48. The molecule has 4 rings (SSSR count). The van der Waals surface area contributed by atoms with Gasteiger partial charge < -0.3 is 10.2 Å². The Morgan fingerprint density at radius 1 is 0.950 bits per heavy atom. The molecule has 7 nitrogen and oxygen atoms in total. The highest BCUT2D eigenvalue weighted by Crippen LogP contribution is 2.25. The lowest BCUT2D eigenvalue weighted by atomic mass is 9.95. The van der Waals surface area contributed by atoms with Crippen LogP contribution in [0.5, 0.6) is 0 Å². The quantitative estimate of drug-likeness (QED) is 0.314. The number of hydrogen-bond donors (Lipinski definition) is 1. The summed E-state index contributed by atoms with van der Waals surface area (Å²) in [6.07, 6.45) is 5.05. The zero-order valence-corrected chi connectivity index (χ0v) is 24.7. The molecule has 0 saturated heterocycles. The summed E-state index contributed by atoms with van der Waals surface area (Å²) in [4.78, 5) is 28.5. The topological polar surface area (TPSA) is 86.8 Å². The average Bonchev–Trinajstić information content (AvgIpc) is 2.96. The van der Waals surface area contributed by atoms with E-state index in [0.717, 1.165) is 58.6 Å². The maximum atomic E-state index is 13.9. The zero-order valence-electron chi connectivity index (χ0n) is 22.3. The predicted molar refractivity (Wildman–Crippen MR) is 157 cm³/mol. The minimum absolute atomic E-state index is 0.0630. The number of carbonyl (C=O) groups excluding carboxylic acids is 2. The van der Waals surface area contributed by atoms with E-state index in [1.807, 2.05) is 24.3 Å². The van der Waals surface area contributed by atoms with Crippen molar-refractivity contribution in [3.05, 3.63) is 94.7 Å². The molecular weight excluding hydrogens is 597 g/mol. The fourth-order valence-electron chi connectivity index (χ4n) is 4.79. The van der Waals surface area contributed by atoms with Crippen molar-refractivity contribution >= 4 is 43.5 Å². The van der Waals surface area contributed by atoms with Gasteiger partial charge in [0.05, 0.1) is 10.6 Å². The summed E-state index contributed by atoms with van der Waals surface area (Å²) in [6.45, 7) is 1.24. The number of amides is 2. The standard InChI is InChI=1S/C30H33BrFN3O4S/c1-22(30(37)33-26-8-4-2-5-9-26)34(20-23-12-14-24(31)15-13-23)29(36)21-35(27-10-6-3-7-11-27)40(38,39)28-18-16-25(32)17-19-28/h3,6-7,10-19,22,26H,2,4-5,8-9,20-21H2,1H3,(H,33,37)/t22-/m0/s1. The SMILES string of the molecule is C[C@@H](C(=O)NC1CCCCC1)N(Cc1ccc(Br)cc1)C(=O)CN(c1ccccc1)S(=O)(=O)c1ccc(F)cc1. The first kappa shape index (κ1) is 29.7. The molecule has 3 aromatic carbocycles. The second kappa shape index (κ2) is 13.4. The molecule has 0 heterocycles. The van der Waals surface area contributed by atoms with Crippen molar-refractivity contribution < 1.29 is 22.4 Å². The Bertz CT molecular complexity index is 1400. The van der Waals surface area contributed by atoms with Crippen LogP contribution in [0.25, 0.3) is 0 Å². The number of hydrogen-bond acceptors (Lipinski definition) is 4. The lowest BCUT2D eigenvalue weighted by Gasteiger charge is -2.33. The van der Waals surface area contributed by atoms with Crippen molar-refractivity contribution in [2.45, 2.75) is 62.6 Å². The fraction of sp³-hybridized carbons (Fsp3) is 0.333. The first-order valence-corrected chi connectivity index (χ1v) is 15.6. The fourth-order valence-corrected chi connectivity index (χ4v) is 6.47. The third-order valence-electron chi connectivity index (χ3n) is 7.11. The molecule has 1 saturated carbocycles. The Kier molecular flexibility index (Phi) is 9.97. The summed E-state index contributed by atoms with van der Waals surface area (Å²) >= 11 is 3.41. The Labute approximate surface area is 243 Å². The van der Waals surface area contributed by atoms with Crippen LogP contribution in [-0.4, -0.2) is 43.8 Å². The predicted octanol–water partition coefficient (Wildman–Crippen LogP) is 5.65. The van der Waals surface area contributed by atoms with Gasteiger partial charge in [0.25, 0.3) is 10.0 Å². The van der Waals surface area contributed by atoms with Crippen molar-refractivity contribution in [3.8, 4) is 0 Å². The summed E-state index contributed by atoms with van der Waals surface area (Å²) < 4.78 is 42.9. The Hall–Kier alpha value is -3.24. The molecule has 10 heteroatoms. The van der Waals surface area contributed by atoms with Crippen LogP contribution in [0.15, 0.2) is 88.2 Å². The summed E-state index contributed by atoms with van der Waals surface area (Å²) in [5.74, 6) is -1.38. The van der Waals surface area contributed by atoms with Crippen LogP contribution in [0.1, 0.15) is 44.6 Å². The smallest absolute Gasteiger partial charge is 0.264 e. The van der Waals surface area contributed by atoms with E-state index in [9.17, 15) is 22.4 Å². The normalized spacial score (nSPS) is 14.8. The van der Waals surface area contributed by atoms with Gasteiger partial charge in [-0.1, -0.05) is 65.5 Å². The second-order valence-corrected chi connectivity index (χ2v) is 12.7. The van der Waals surface area contributed by atoms with Crippen molar-refractivity contribution in [2.75, 3.05) is 10.8 Å². The summed E-state index contributed by atoms with van der Waals surface area (Å²) in [7, 11) is -4.23. The van der Waals surface area contributed by atoms with E-state index in [1.165, 1.54) is 17.0 Å². The van der Waals surface area contributed by atoms with Crippen LogP contribution in [0.3, 0.4) is 0 Å². The van der Waals surface area contributed by atoms with Gasteiger partial charge in [0.1, 0.15) is 18.4 Å². The summed E-state index contributed by atoms with van der Waals surface area (Å²) in [6, 6.07) is 19.4. The Morgan fingerprint density at radius 2 is 1.57 bits per heavy atom. The van der Waals surface area contributed by atoms with Crippen molar-refractivity contribution in [1.29, 1.82) is 0 Å². The van der Waals surface area contributed by atoms with E-state index in [0.29, 0.717) is 0 Å². The van der Waals surface area contributed by atoms with Crippen LogP contribution < -0.4 is 9.62 Å². The van der Waals surface area contributed by atoms with Gasteiger partial charge in [0.2, 0.25) is 11.8 Å². The molecule has 0 radical (unpaired) electrons. The number of nitrogens with one attached hydrogen (secondary N) is 1. The molecule has 2 amide bonds. The first-order chi connectivity index (χ1) is 19.1. The monoisotopic (exact) mass is 629 g/mol. The van der Waals surface area contributed by atoms with Crippen LogP contribution in [0, 0.1) is 5.82 Å². The number of carbonyl (C=O) groups is 2. The minimum atomic E-state index is -4.23. The second-order valence-electron chi connectivity index (χ2n) is 9.97. The highest BCUT2D eigenvalue weighted by molar-refractivity contribution is 9.10. The van der Waals surface area contributed by atoms with Gasteiger partial charge in [-0.25, -0.2) is 12.8 Å². The van der Waals surface area contributed by atoms with Crippen molar-refractivity contribution in [1.82, 2.24) is 10.2 Å². The molecule has 0 bridgehead atoms. The molecule has 1 N–H and O–H groups in total. The Balaban J connectivity index is 1.65. The average molecular weight is 631 g/mol. The van der Waals surface area contributed by atoms with Crippen molar-refractivity contribution in [3.63, 3.8) is 0 Å². The number of anilines is 1. The number of rotatable bonds is 10. The minimum Gasteiger partial charge on any atom is -0.352 e. The van der Waals surface area contributed by atoms with Crippen molar-refractivity contribution in [2.24, 2.45) is 0 Å². The van der Waals surface area contributed by atoms with Crippen LogP contribution in [-0.2, 0) is 26.2 Å². The van der Waals surface area contributed by atoms with E-state index < -0.39 is 34.3 Å². The molecule has 1 atom stereocenters. The molecule has 0 aliphatic heterocycles. The molecule has 212 valence electrons. The van der Waals surface area contributed by atoms with Gasteiger partial charge in [-0.15, -0.1) is 0 Å². The lowest BCUT2D eigenvalue weighted by Crippen LogP contribution is -2.53. The van der Waals surface area contributed by atoms with E-state index in [-0.39, 0.29) is 29.1 Å². The molecule has 1 aliphatic rings. The number of halogens is 2. The number of para-hydroxylation sites is 1. The highest BCUT2D eigenvalue weighted by Gasteiger charge is 2.33. The number of sulfonamides is 1. The van der Waals surface area contributed by atoms with Gasteiger partial charge in [0.15, 0.2) is 0 Å². The molecule has 40 heavy (non-hydrogen) atoms. The molecule has 0 unspecified atom stereocenters. The van der Waals surface area contributed by atoms with Gasteiger partial charge in [-0.2, -0.15) is 0 Å². The molecule has 0 spiro atoms. The zero-order chi connectivity index (χ0) is 28.7. The first-order valence-electron chi connectivity index (χ1n) is 13.3. The van der Waals surface area contributed by atoms with Gasteiger partial charge >= 0.3 is 0 Å². The van der Waals surface area contributed by atoms with Gasteiger partial charge in [-0.05, 0) is 73.9 Å². The molecular formula is C30H33BrFN3O4S. The molecule has 1 fully saturated rings. The molecule has 0 aromatic heterocycles. The van der Waals surface area contributed by atoms with E-state index >= 15 is 0 Å². The maximum absolute atomic E-state index is 13.9. The van der Waals surface area contributed by atoms with E-state index in [4.69, 9.17) is 0 Å². The summed E-state index contributed by atoms with van der Waals surface area (Å²) in [5, 5.41) is 3.09. The Morgan fingerprint density at radius 3 is 2.20 bits per heavy atom. The maximum Gasteiger partial charge on any atom is 0.264 e. The lowest BCUT2D eigenvalue weighted by molar-refractivity contribution is -0.139. The van der Waals surface area contributed by atoms with Gasteiger partial charge in [0, 0.05) is 17.1 Å². The van der Waals surface area contributed by atoms with Crippen LogP contribution >= 0.6 is 15.9 Å². The number of nitrogens with zero attached hydrogens (tertiary/aromatic N) is 2. The van der Waals surface area contributed by atoms with E-state index in [2.05, 4.69) is 21.2 Å². The largest absolute Gasteiger partial charge is 0.352 e. The highest BCUT2D eigenvalue weighted by atomic mass is 79.9. The molecule has 3 aromatic rings. The third-order valence-corrected chi connectivity index (χ3v) is 9.43. The number of benzene rings is 3. The molecule has 1 aliphatic carbocycles. The van der Waals surface area contributed by atoms with Gasteiger partial charge in [-0.3, -0.25) is 13.9 Å². The van der Waals surface area contributed by atoms with E-state index in [1.54, 1.807) is 37.3 Å². The summed E-state index contributed by atoms with van der Waals surface area (Å²) in [5.41, 5.74) is 1.07.